The minimum Gasteiger partial charge on any atom is -0.394 e. The van der Waals surface area contributed by atoms with Crippen LogP contribution in [-0.4, -0.2) is 40.1 Å². The number of carbonyl (C=O) groups is 1. The molecule has 4 nitrogen and oxygen atoms in total. The Bertz CT molecular complexity index is 397. The van der Waals surface area contributed by atoms with Crippen LogP contribution in [0.3, 0.4) is 0 Å². The van der Waals surface area contributed by atoms with E-state index in [1.54, 1.807) is 23.2 Å². The standard InChI is InChI=1S/C11H13BrN2O2/c12-9-4-1-5-13-10(9)11(16)14-6-2-3-8(14)7-15/h1,4-5,8,15H,2-3,6-7H2/t8-/m0/s1. The van der Waals surface area contributed by atoms with Gasteiger partial charge in [-0.2, -0.15) is 0 Å². The van der Waals surface area contributed by atoms with E-state index in [0.717, 1.165) is 12.8 Å². The fraction of sp³-hybridized carbons (Fsp3) is 0.455. The Morgan fingerprint density at radius 3 is 3.19 bits per heavy atom. The molecule has 86 valence electrons. The molecule has 1 aliphatic rings. The van der Waals surface area contributed by atoms with Crippen molar-refractivity contribution in [3.63, 3.8) is 0 Å². The van der Waals surface area contributed by atoms with Gasteiger partial charge in [-0.1, -0.05) is 0 Å². The molecule has 16 heavy (non-hydrogen) atoms. The Hall–Kier alpha value is -0.940. The van der Waals surface area contributed by atoms with Crippen LogP contribution in [0.15, 0.2) is 22.8 Å². The van der Waals surface area contributed by atoms with Crippen LogP contribution >= 0.6 is 15.9 Å². The van der Waals surface area contributed by atoms with Crippen molar-refractivity contribution in [2.45, 2.75) is 18.9 Å². The van der Waals surface area contributed by atoms with Crippen LogP contribution in [0.1, 0.15) is 23.3 Å². The number of amides is 1. The molecule has 0 radical (unpaired) electrons. The second-order valence-corrected chi connectivity index (χ2v) is 4.67. The summed E-state index contributed by atoms with van der Waals surface area (Å²) in [6, 6.07) is 3.51. The van der Waals surface area contributed by atoms with Gasteiger partial charge in [-0.15, -0.1) is 0 Å². The molecule has 1 aromatic rings. The highest BCUT2D eigenvalue weighted by molar-refractivity contribution is 9.10. The average Bonchev–Trinajstić information content (AvgIpc) is 2.77. The maximum atomic E-state index is 12.2. The molecule has 1 amide bonds. The lowest BCUT2D eigenvalue weighted by Gasteiger charge is -2.22. The van der Waals surface area contributed by atoms with Gasteiger partial charge in [0.15, 0.2) is 0 Å². The smallest absolute Gasteiger partial charge is 0.273 e. The molecule has 0 saturated carbocycles. The summed E-state index contributed by atoms with van der Waals surface area (Å²) in [7, 11) is 0. The number of pyridine rings is 1. The fourth-order valence-corrected chi connectivity index (χ4v) is 2.40. The maximum Gasteiger partial charge on any atom is 0.273 e. The Kier molecular flexibility index (Phi) is 3.56. The van der Waals surface area contributed by atoms with Crippen molar-refractivity contribution in [3.8, 4) is 0 Å². The normalized spacial score (nSPS) is 20.1. The van der Waals surface area contributed by atoms with Crippen molar-refractivity contribution in [2.75, 3.05) is 13.2 Å². The maximum absolute atomic E-state index is 12.2. The lowest BCUT2D eigenvalue weighted by molar-refractivity contribution is 0.0671. The Morgan fingerprint density at radius 2 is 2.50 bits per heavy atom. The minimum absolute atomic E-state index is 0.0240. The summed E-state index contributed by atoms with van der Waals surface area (Å²) in [4.78, 5) is 17.9. The van der Waals surface area contributed by atoms with Gasteiger partial charge in [0, 0.05) is 17.2 Å². The second kappa shape index (κ2) is 4.93. The number of aliphatic hydroxyl groups excluding tert-OH is 1. The third-order valence-corrected chi connectivity index (χ3v) is 3.45. The number of hydrogen-bond acceptors (Lipinski definition) is 3. The van der Waals surface area contributed by atoms with Gasteiger partial charge in [0.1, 0.15) is 5.69 Å². The zero-order valence-corrected chi connectivity index (χ0v) is 10.4. The summed E-state index contributed by atoms with van der Waals surface area (Å²) in [6.07, 6.45) is 3.41. The van der Waals surface area contributed by atoms with E-state index < -0.39 is 0 Å². The van der Waals surface area contributed by atoms with Gasteiger partial charge >= 0.3 is 0 Å². The van der Waals surface area contributed by atoms with Crippen molar-refractivity contribution >= 4 is 21.8 Å². The summed E-state index contributed by atoms with van der Waals surface area (Å²) in [5, 5.41) is 9.18. The molecule has 0 spiro atoms. The number of carbonyl (C=O) groups excluding carboxylic acids is 1. The molecule has 0 aromatic carbocycles. The zero-order chi connectivity index (χ0) is 11.5. The Labute approximate surface area is 102 Å². The number of hydrogen-bond donors (Lipinski definition) is 1. The molecule has 0 aliphatic carbocycles. The summed E-state index contributed by atoms with van der Waals surface area (Å²) in [5.74, 6) is -0.107. The highest BCUT2D eigenvalue weighted by Crippen LogP contribution is 2.22. The van der Waals surface area contributed by atoms with Crippen LogP contribution in [0.5, 0.6) is 0 Å². The van der Waals surface area contributed by atoms with Crippen molar-refractivity contribution in [3.05, 3.63) is 28.5 Å². The predicted molar refractivity (Wildman–Crippen MR) is 63.1 cm³/mol. The summed E-state index contributed by atoms with van der Waals surface area (Å²) in [5.41, 5.74) is 0.419. The third kappa shape index (κ3) is 2.10. The van der Waals surface area contributed by atoms with E-state index in [1.165, 1.54) is 0 Å². The van der Waals surface area contributed by atoms with Gasteiger partial charge in [-0.05, 0) is 40.9 Å². The quantitative estimate of drug-likeness (QED) is 0.894. The molecule has 1 saturated heterocycles. The molecular formula is C11H13BrN2O2. The average molecular weight is 285 g/mol. The summed E-state index contributed by atoms with van der Waals surface area (Å²) < 4.78 is 0.698. The van der Waals surface area contributed by atoms with Gasteiger partial charge in [0.2, 0.25) is 0 Å². The van der Waals surface area contributed by atoms with Crippen LogP contribution in [0, 0.1) is 0 Å². The molecule has 1 aromatic heterocycles. The largest absolute Gasteiger partial charge is 0.394 e. The second-order valence-electron chi connectivity index (χ2n) is 3.81. The van der Waals surface area contributed by atoms with Gasteiger partial charge in [0.05, 0.1) is 12.6 Å². The van der Waals surface area contributed by atoms with Gasteiger partial charge in [-0.3, -0.25) is 4.79 Å². The third-order valence-electron chi connectivity index (χ3n) is 2.81. The molecule has 1 N–H and O–H groups in total. The van der Waals surface area contributed by atoms with Crippen LogP contribution < -0.4 is 0 Å². The number of likely N-dealkylation sites (tertiary alicyclic amines) is 1. The summed E-state index contributed by atoms with van der Waals surface area (Å²) >= 11 is 3.31. The Balaban J connectivity index is 2.22. The lowest BCUT2D eigenvalue weighted by atomic mass is 10.2. The van der Waals surface area contributed by atoms with E-state index in [1.807, 2.05) is 0 Å². The SMILES string of the molecule is O=C(c1ncccc1Br)N1CCC[C@H]1CO. The first-order chi connectivity index (χ1) is 7.74. The van der Waals surface area contributed by atoms with Gasteiger partial charge < -0.3 is 10.0 Å². The molecular weight excluding hydrogens is 272 g/mol. The van der Waals surface area contributed by atoms with E-state index in [0.29, 0.717) is 16.7 Å². The van der Waals surface area contributed by atoms with Gasteiger partial charge in [0.25, 0.3) is 5.91 Å². The van der Waals surface area contributed by atoms with Crippen LogP contribution in [0.4, 0.5) is 0 Å². The first-order valence-corrected chi connectivity index (χ1v) is 6.05. The number of halogens is 1. The number of aliphatic hydroxyl groups is 1. The highest BCUT2D eigenvalue weighted by Gasteiger charge is 2.30. The highest BCUT2D eigenvalue weighted by atomic mass is 79.9. The zero-order valence-electron chi connectivity index (χ0n) is 8.77. The van der Waals surface area contributed by atoms with Crippen LogP contribution in [0.2, 0.25) is 0 Å². The van der Waals surface area contributed by atoms with E-state index in [4.69, 9.17) is 0 Å². The molecule has 5 heteroatoms. The number of aromatic nitrogens is 1. The van der Waals surface area contributed by atoms with Crippen molar-refractivity contribution in [2.24, 2.45) is 0 Å². The number of nitrogens with zero attached hydrogens (tertiary/aromatic N) is 2. The first kappa shape index (κ1) is 11.5. The van der Waals surface area contributed by atoms with Crippen LogP contribution in [0.25, 0.3) is 0 Å². The lowest BCUT2D eigenvalue weighted by Crippen LogP contribution is -2.38. The van der Waals surface area contributed by atoms with E-state index in [2.05, 4.69) is 20.9 Å². The van der Waals surface area contributed by atoms with E-state index >= 15 is 0 Å². The topological polar surface area (TPSA) is 53.4 Å². The summed E-state index contributed by atoms with van der Waals surface area (Å²) in [6.45, 7) is 0.725. The predicted octanol–water partition coefficient (Wildman–Crippen LogP) is 1.44. The monoisotopic (exact) mass is 284 g/mol. The van der Waals surface area contributed by atoms with Gasteiger partial charge in [-0.25, -0.2) is 4.98 Å². The van der Waals surface area contributed by atoms with E-state index in [-0.39, 0.29) is 18.6 Å². The minimum atomic E-state index is -0.107. The molecule has 2 heterocycles. The molecule has 1 atom stereocenters. The molecule has 0 unspecified atom stereocenters. The van der Waals surface area contributed by atoms with E-state index in [9.17, 15) is 9.90 Å². The molecule has 1 aliphatic heterocycles. The molecule has 1 fully saturated rings. The number of rotatable bonds is 2. The van der Waals surface area contributed by atoms with Crippen molar-refractivity contribution in [1.82, 2.24) is 9.88 Å². The fourth-order valence-electron chi connectivity index (χ4n) is 1.97. The van der Waals surface area contributed by atoms with Crippen molar-refractivity contribution in [1.29, 1.82) is 0 Å². The molecule has 2 rings (SSSR count). The Morgan fingerprint density at radius 1 is 1.69 bits per heavy atom. The van der Waals surface area contributed by atoms with Crippen LogP contribution in [-0.2, 0) is 0 Å². The first-order valence-electron chi connectivity index (χ1n) is 5.26. The molecule has 0 bridgehead atoms. The van der Waals surface area contributed by atoms with Crippen molar-refractivity contribution < 1.29 is 9.90 Å².